The van der Waals surface area contributed by atoms with Crippen LogP contribution in [-0.4, -0.2) is 53.8 Å². The van der Waals surface area contributed by atoms with Crippen LogP contribution < -0.4 is 4.90 Å². The molecule has 2 aromatic carbocycles. The second-order valence-corrected chi connectivity index (χ2v) is 8.99. The van der Waals surface area contributed by atoms with Gasteiger partial charge in [-0.05, 0) is 55.8 Å². The van der Waals surface area contributed by atoms with Crippen LogP contribution in [0.3, 0.4) is 0 Å². The molecule has 4 rings (SSSR count). The summed E-state index contributed by atoms with van der Waals surface area (Å²) in [7, 11) is 0. The van der Waals surface area contributed by atoms with E-state index in [9.17, 15) is 14.7 Å². The Kier molecular flexibility index (Phi) is 5.86. The van der Waals surface area contributed by atoms with Crippen molar-refractivity contribution in [2.45, 2.75) is 23.2 Å². The second kappa shape index (κ2) is 8.38. The Hall–Kier alpha value is -2.02. The van der Waals surface area contributed by atoms with Gasteiger partial charge in [-0.25, -0.2) is 0 Å². The van der Waals surface area contributed by atoms with Crippen molar-refractivity contribution >= 4 is 40.9 Å². The van der Waals surface area contributed by atoms with Crippen molar-refractivity contribution in [3.63, 3.8) is 0 Å². The van der Waals surface area contributed by atoms with Crippen molar-refractivity contribution in [3.8, 4) is 0 Å². The van der Waals surface area contributed by atoms with Crippen molar-refractivity contribution in [1.29, 1.82) is 0 Å². The van der Waals surface area contributed by atoms with Crippen LogP contribution in [0.5, 0.6) is 0 Å². The molecule has 1 amide bonds. The lowest BCUT2D eigenvalue weighted by atomic mass is 9.73. The summed E-state index contributed by atoms with van der Waals surface area (Å²) >= 11 is 7.56. The van der Waals surface area contributed by atoms with E-state index in [1.54, 1.807) is 23.9 Å². The molecule has 0 spiro atoms. The number of nitrogens with zero attached hydrogens (tertiary/aromatic N) is 2. The summed E-state index contributed by atoms with van der Waals surface area (Å²) in [5.41, 5.74) is 0.920. The summed E-state index contributed by atoms with van der Waals surface area (Å²) in [5.74, 6) is -0.182. The number of fused-ring (bicyclic) bond motifs is 1. The van der Waals surface area contributed by atoms with Crippen LogP contribution in [0.4, 0.5) is 5.69 Å². The Balaban J connectivity index is 1.42. The minimum Gasteiger partial charge on any atom is -0.481 e. The number of carbonyl (C=O) groups is 2. The van der Waals surface area contributed by atoms with Gasteiger partial charge in [0, 0.05) is 23.0 Å². The van der Waals surface area contributed by atoms with Crippen LogP contribution in [0.25, 0.3) is 0 Å². The first-order chi connectivity index (χ1) is 14.0. The number of carbonyl (C=O) groups excluding carboxylic acids is 1. The number of aliphatic carboxylic acids is 1. The Morgan fingerprint density at radius 3 is 2.45 bits per heavy atom. The maximum Gasteiger partial charge on any atom is 0.314 e. The van der Waals surface area contributed by atoms with Gasteiger partial charge in [-0.1, -0.05) is 35.9 Å². The van der Waals surface area contributed by atoms with Gasteiger partial charge >= 0.3 is 5.97 Å². The first kappa shape index (κ1) is 20.3. The minimum atomic E-state index is -0.870. The average molecular weight is 431 g/mol. The highest BCUT2D eigenvalue weighted by Gasteiger charge is 2.43. The number of piperidine rings is 1. The van der Waals surface area contributed by atoms with Crippen molar-refractivity contribution in [3.05, 3.63) is 59.1 Å². The van der Waals surface area contributed by atoms with Gasteiger partial charge in [-0.15, -0.1) is 11.8 Å². The maximum absolute atomic E-state index is 12.4. The van der Waals surface area contributed by atoms with E-state index in [1.165, 1.54) is 0 Å². The first-order valence-electron chi connectivity index (χ1n) is 9.74. The highest BCUT2D eigenvalue weighted by atomic mass is 35.5. The molecule has 152 valence electrons. The van der Waals surface area contributed by atoms with E-state index in [0.29, 0.717) is 43.3 Å². The number of halogens is 1. The Bertz CT molecular complexity index is 911. The predicted octanol–water partition coefficient (Wildman–Crippen LogP) is 3.90. The summed E-state index contributed by atoms with van der Waals surface area (Å²) in [6.45, 7) is 2.74. The number of anilines is 1. The molecule has 0 saturated carbocycles. The highest BCUT2D eigenvalue weighted by Crippen LogP contribution is 2.37. The van der Waals surface area contributed by atoms with E-state index in [-0.39, 0.29) is 5.91 Å². The fourth-order valence-corrected chi connectivity index (χ4v) is 5.26. The zero-order chi connectivity index (χ0) is 20.4. The smallest absolute Gasteiger partial charge is 0.314 e. The van der Waals surface area contributed by atoms with Crippen molar-refractivity contribution in [2.75, 3.05) is 36.8 Å². The number of carboxylic acids is 1. The van der Waals surface area contributed by atoms with Gasteiger partial charge in [0.25, 0.3) is 0 Å². The van der Waals surface area contributed by atoms with Crippen molar-refractivity contribution in [1.82, 2.24) is 4.90 Å². The third-order valence-corrected chi connectivity index (χ3v) is 7.26. The fourth-order valence-electron chi connectivity index (χ4n) is 4.19. The van der Waals surface area contributed by atoms with Crippen LogP contribution in [0.15, 0.2) is 53.4 Å². The van der Waals surface area contributed by atoms with Crippen LogP contribution >= 0.6 is 23.4 Å². The molecule has 2 aliphatic heterocycles. The number of likely N-dealkylation sites (tertiary alicyclic amines) is 1. The van der Waals surface area contributed by atoms with Gasteiger partial charge in [0.05, 0.1) is 16.9 Å². The van der Waals surface area contributed by atoms with Gasteiger partial charge < -0.3 is 14.9 Å². The molecular weight excluding hydrogens is 408 g/mol. The second-order valence-electron chi connectivity index (χ2n) is 7.54. The third kappa shape index (κ3) is 4.02. The summed E-state index contributed by atoms with van der Waals surface area (Å²) < 4.78 is 0. The predicted molar refractivity (Wildman–Crippen MR) is 116 cm³/mol. The lowest BCUT2D eigenvalue weighted by Gasteiger charge is -2.40. The van der Waals surface area contributed by atoms with Crippen molar-refractivity contribution in [2.24, 2.45) is 0 Å². The summed E-state index contributed by atoms with van der Waals surface area (Å²) in [5, 5.41) is 10.6. The highest BCUT2D eigenvalue weighted by molar-refractivity contribution is 8.00. The SMILES string of the molecule is O=C1CSc2ccccc2N1CCN1CCC(C(=O)O)(c2ccc(Cl)cc2)CC1. The number of carboxylic acid groups (broad SMARTS) is 1. The number of hydrogen-bond donors (Lipinski definition) is 1. The molecule has 0 aliphatic carbocycles. The molecule has 29 heavy (non-hydrogen) atoms. The standard InChI is InChI=1S/C22H23ClN2O3S/c23-17-7-5-16(6-8-17)22(21(27)28)9-11-24(12-10-22)13-14-25-18-3-1-2-4-19(18)29-15-20(25)26/h1-8H,9-15H2,(H,27,28). The molecule has 2 aromatic rings. The number of rotatable bonds is 5. The Labute approximate surface area is 179 Å². The van der Waals surface area contributed by atoms with E-state index in [0.717, 1.165) is 22.7 Å². The topological polar surface area (TPSA) is 60.9 Å². The number of para-hydroxylation sites is 1. The van der Waals surface area contributed by atoms with Crippen LogP contribution in [-0.2, 0) is 15.0 Å². The van der Waals surface area contributed by atoms with Crippen molar-refractivity contribution < 1.29 is 14.7 Å². The van der Waals surface area contributed by atoms with E-state index >= 15 is 0 Å². The molecular formula is C22H23ClN2O3S. The van der Waals surface area contributed by atoms with Gasteiger partial charge in [0.2, 0.25) is 5.91 Å². The van der Waals surface area contributed by atoms with E-state index < -0.39 is 11.4 Å². The zero-order valence-corrected chi connectivity index (χ0v) is 17.6. The average Bonchev–Trinajstić information content (AvgIpc) is 2.74. The summed E-state index contributed by atoms with van der Waals surface area (Å²) in [6, 6.07) is 15.2. The van der Waals surface area contributed by atoms with Gasteiger partial charge in [-0.2, -0.15) is 0 Å². The molecule has 0 atom stereocenters. The molecule has 1 saturated heterocycles. The minimum absolute atomic E-state index is 0.131. The maximum atomic E-state index is 12.4. The normalized spacial score (nSPS) is 19.1. The van der Waals surface area contributed by atoms with Gasteiger partial charge in [0.1, 0.15) is 0 Å². The Morgan fingerprint density at radius 1 is 1.07 bits per heavy atom. The summed E-state index contributed by atoms with van der Waals surface area (Å²) in [6.07, 6.45) is 1.09. The quantitative estimate of drug-likeness (QED) is 0.779. The van der Waals surface area contributed by atoms with Crippen LogP contribution in [0, 0.1) is 0 Å². The number of benzene rings is 2. The van der Waals surface area contributed by atoms with Gasteiger partial charge in [-0.3, -0.25) is 9.59 Å². The molecule has 0 radical (unpaired) electrons. The fraction of sp³-hybridized carbons (Fsp3) is 0.364. The summed E-state index contributed by atoms with van der Waals surface area (Å²) in [4.78, 5) is 29.8. The molecule has 0 unspecified atom stereocenters. The zero-order valence-electron chi connectivity index (χ0n) is 16.0. The molecule has 2 heterocycles. The number of amides is 1. The van der Waals surface area contributed by atoms with Gasteiger partial charge in [0.15, 0.2) is 0 Å². The van der Waals surface area contributed by atoms with E-state index in [4.69, 9.17) is 11.6 Å². The van der Waals surface area contributed by atoms with E-state index in [2.05, 4.69) is 4.90 Å². The molecule has 5 nitrogen and oxygen atoms in total. The monoisotopic (exact) mass is 430 g/mol. The van der Waals surface area contributed by atoms with E-state index in [1.807, 2.05) is 41.3 Å². The third-order valence-electron chi connectivity index (χ3n) is 5.96. The molecule has 1 N–H and O–H groups in total. The largest absolute Gasteiger partial charge is 0.481 e. The first-order valence-corrected chi connectivity index (χ1v) is 11.1. The van der Waals surface area contributed by atoms with Crippen LogP contribution in [0.2, 0.25) is 5.02 Å². The number of thioether (sulfide) groups is 1. The molecule has 2 aliphatic rings. The lowest BCUT2D eigenvalue weighted by Crippen LogP contribution is -2.49. The molecule has 0 aromatic heterocycles. The lowest BCUT2D eigenvalue weighted by molar-refractivity contribution is -0.146. The molecule has 7 heteroatoms. The molecule has 1 fully saturated rings. The van der Waals surface area contributed by atoms with Crippen LogP contribution in [0.1, 0.15) is 18.4 Å². The number of hydrogen-bond acceptors (Lipinski definition) is 4. The Morgan fingerprint density at radius 2 is 1.76 bits per heavy atom. The molecule has 0 bridgehead atoms.